The van der Waals surface area contributed by atoms with E-state index in [1.807, 2.05) is 6.92 Å². The van der Waals surface area contributed by atoms with Crippen molar-refractivity contribution in [2.45, 2.75) is 39.2 Å². The standard InChI is InChI=1S/C10H18N2O2/c1-9(2)6-4-7(9)10(3,12-14)8(5-6)11-13/h6-7,12-14H,4-5H2,1-3H3/b11-8-/t6-,7-,10-/m0/s1. The molecule has 14 heavy (non-hydrogen) atoms. The van der Waals surface area contributed by atoms with E-state index in [1.165, 1.54) is 0 Å². The Kier molecular flexibility index (Phi) is 1.92. The van der Waals surface area contributed by atoms with Crippen molar-refractivity contribution >= 4 is 5.71 Å². The Morgan fingerprint density at radius 2 is 2.07 bits per heavy atom. The molecule has 0 aliphatic heterocycles. The van der Waals surface area contributed by atoms with Gasteiger partial charge in [0.25, 0.3) is 0 Å². The number of fused-ring (bicyclic) bond motifs is 2. The summed E-state index contributed by atoms with van der Waals surface area (Å²) in [5, 5.41) is 21.5. The Bertz CT molecular complexity index is 288. The van der Waals surface area contributed by atoms with Crippen molar-refractivity contribution in [3.05, 3.63) is 0 Å². The number of oxime groups is 1. The molecule has 3 fully saturated rings. The third-order valence-corrected chi connectivity index (χ3v) is 4.56. The minimum absolute atomic E-state index is 0.235. The molecule has 3 aliphatic carbocycles. The van der Waals surface area contributed by atoms with Gasteiger partial charge >= 0.3 is 0 Å². The minimum Gasteiger partial charge on any atom is -0.411 e. The molecule has 3 aliphatic rings. The average Bonchev–Trinajstić information content (AvgIpc) is 2.17. The number of hydrogen-bond acceptors (Lipinski definition) is 4. The van der Waals surface area contributed by atoms with Crippen molar-refractivity contribution < 1.29 is 10.4 Å². The first kappa shape index (κ1) is 9.93. The maximum atomic E-state index is 9.24. The molecular weight excluding hydrogens is 180 g/mol. The molecule has 3 atom stereocenters. The second kappa shape index (κ2) is 2.70. The van der Waals surface area contributed by atoms with Crippen LogP contribution in [-0.2, 0) is 0 Å². The highest BCUT2D eigenvalue weighted by Gasteiger charge is 2.62. The maximum Gasteiger partial charge on any atom is 0.0848 e. The van der Waals surface area contributed by atoms with E-state index in [-0.39, 0.29) is 5.41 Å². The van der Waals surface area contributed by atoms with Crippen molar-refractivity contribution in [2.75, 3.05) is 0 Å². The molecule has 80 valence electrons. The van der Waals surface area contributed by atoms with Gasteiger partial charge in [-0.1, -0.05) is 19.0 Å². The lowest BCUT2D eigenvalue weighted by atomic mass is 9.43. The first-order valence-electron chi connectivity index (χ1n) is 5.09. The van der Waals surface area contributed by atoms with Crippen LogP contribution in [-0.4, -0.2) is 21.7 Å². The fourth-order valence-electron chi connectivity index (χ4n) is 3.28. The molecular formula is C10H18N2O2. The molecule has 0 heterocycles. The van der Waals surface area contributed by atoms with Gasteiger partial charge in [-0.2, -0.15) is 5.48 Å². The number of nitrogens with zero attached hydrogens (tertiary/aromatic N) is 1. The molecule has 0 radical (unpaired) electrons. The normalized spacial score (nSPS) is 47.6. The fraction of sp³-hybridized carbons (Fsp3) is 0.900. The van der Waals surface area contributed by atoms with Gasteiger partial charge in [-0.3, -0.25) is 0 Å². The largest absolute Gasteiger partial charge is 0.411 e. The van der Waals surface area contributed by atoms with Crippen LogP contribution in [0.15, 0.2) is 5.16 Å². The Labute approximate surface area is 84.0 Å². The van der Waals surface area contributed by atoms with Crippen molar-refractivity contribution in [3.63, 3.8) is 0 Å². The van der Waals surface area contributed by atoms with E-state index in [4.69, 9.17) is 5.21 Å². The summed E-state index contributed by atoms with van der Waals surface area (Å²) in [6.07, 6.45) is 1.89. The molecule has 0 unspecified atom stereocenters. The zero-order valence-electron chi connectivity index (χ0n) is 8.91. The van der Waals surface area contributed by atoms with Gasteiger partial charge in [0.1, 0.15) is 0 Å². The quantitative estimate of drug-likeness (QED) is 0.443. The summed E-state index contributed by atoms with van der Waals surface area (Å²) in [7, 11) is 0. The molecule has 2 bridgehead atoms. The van der Waals surface area contributed by atoms with E-state index in [9.17, 15) is 5.21 Å². The molecule has 3 saturated carbocycles. The number of hydroxylamine groups is 1. The first-order chi connectivity index (χ1) is 6.46. The van der Waals surface area contributed by atoms with Crippen molar-refractivity contribution in [2.24, 2.45) is 22.4 Å². The van der Waals surface area contributed by atoms with Gasteiger partial charge in [-0.15, -0.1) is 0 Å². The first-order valence-corrected chi connectivity index (χ1v) is 5.09. The smallest absolute Gasteiger partial charge is 0.0848 e. The highest BCUT2D eigenvalue weighted by Crippen LogP contribution is 2.61. The summed E-state index contributed by atoms with van der Waals surface area (Å²) in [4.78, 5) is 0. The summed E-state index contributed by atoms with van der Waals surface area (Å²) >= 11 is 0. The van der Waals surface area contributed by atoms with E-state index in [1.54, 1.807) is 0 Å². The predicted molar refractivity (Wildman–Crippen MR) is 52.5 cm³/mol. The molecule has 3 N–H and O–H groups in total. The molecule has 0 spiro atoms. The van der Waals surface area contributed by atoms with Crippen LogP contribution in [0, 0.1) is 17.3 Å². The minimum atomic E-state index is -0.549. The Hall–Kier alpha value is -0.610. The maximum absolute atomic E-state index is 9.24. The third-order valence-electron chi connectivity index (χ3n) is 4.56. The van der Waals surface area contributed by atoms with Crippen LogP contribution in [0.1, 0.15) is 33.6 Å². The van der Waals surface area contributed by atoms with E-state index in [2.05, 4.69) is 24.5 Å². The van der Waals surface area contributed by atoms with E-state index in [0.717, 1.165) is 12.8 Å². The topological polar surface area (TPSA) is 64.9 Å². The van der Waals surface area contributed by atoms with E-state index >= 15 is 0 Å². The Morgan fingerprint density at radius 1 is 1.43 bits per heavy atom. The molecule has 4 heteroatoms. The van der Waals surface area contributed by atoms with Gasteiger partial charge in [0.2, 0.25) is 0 Å². The number of hydrogen-bond donors (Lipinski definition) is 3. The highest BCUT2D eigenvalue weighted by atomic mass is 16.5. The van der Waals surface area contributed by atoms with Crippen LogP contribution >= 0.6 is 0 Å². The van der Waals surface area contributed by atoms with Gasteiger partial charge in [0.05, 0.1) is 11.3 Å². The summed E-state index contributed by atoms with van der Waals surface area (Å²) in [5.74, 6) is 0.949. The highest BCUT2D eigenvalue weighted by molar-refractivity contribution is 5.95. The molecule has 0 saturated heterocycles. The Morgan fingerprint density at radius 3 is 2.50 bits per heavy atom. The lowest BCUT2D eigenvalue weighted by Crippen LogP contribution is -2.69. The van der Waals surface area contributed by atoms with Crippen LogP contribution in [0.4, 0.5) is 0 Å². The third kappa shape index (κ3) is 0.929. The average molecular weight is 198 g/mol. The summed E-state index contributed by atoms with van der Waals surface area (Å²) in [6, 6.07) is 0. The summed E-state index contributed by atoms with van der Waals surface area (Å²) in [6.45, 7) is 6.34. The number of rotatable bonds is 1. The lowest BCUT2D eigenvalue weighted by molar-refractivity contribution is -0.104. The van der Waals surface area contributed by atoms with Gasteiger partial charge in [-0.25, -0.2) is 0 Å². The van der Waals surface area contributed by atoms with Crippen LogP contribution in [0.3, 0.4) is 0 Å². The molecule has 0 aromatic heterocycles. The molecule has 3 rings (SSSR count). The Balaban J connectivity index is 2.36. The monoisotopic (exact) mass is 198 g/mol. The van der Waals surface area contributed by atoms with E-state index in [0.29, 0.717) is 17.5 Å². The van der Waals surface area contributed by atoms with Gasteiger partial charge < -0.3 is 10.4 Å². The predicted octanol–water partition coefficient (Wildman–Crippen LogP) is 1.62. The van der Waals surface area contributed by atoms with Crippen LogP contribution < -0.4 is 5.48 Å². The van der Waals surface area contributed by atoms with Gasteiger partial charge in [0.15, 0.2) is 0 Å². The summed E-state index contributed by atoms with van der Waals surface area (Å²) < 4.78 is 0. The molecule has 0 aromatic carbocycles. The number of nitrogens with one attached hydrogen (secondary N) is 1. The lowest BCUT2D eigenvalue weighted by Gasteiger charge is -2.63. The zero-order valence-corrected chi connectivity index (χ0v) is 8.91. The summed E-state index contributed by atoms with van der Waals surface area (Å²) in [5.41, 5.74) is 2.70. The second-order valence-corrected chi connectivity index (χ2v) is 5.37. The van der Waals surface area contributed by atoms with Gasteiger partial charge in [0, 0.05) is 0 Å². The fourth-order valence-corrected chi connectivity index (χ4v) is 3.28. The SMILES string of the molecule is CC1(C)[C@@H]2C/C(=N/O)[C@@](C)(NO)[C@H]1C2. The van der Waals surface area contributed by atoms with E-state index < -0.39 is 5.54 Å². The van der Waals surface area contributed by atoms with Crippen molar-refractivity contribution in [1.82, 2.24) is 5.48 Å². The molecule has 0 amide bonds. The molecule has 0 aromatic rings. The second-order valence-electron chi connectivity index (χ2n) is 5.37. The van der Waals surface area contributed by atoms with Gasteiger partial charge in [-0.05, 0) is 37.0 Å². The van der Waals surface area contributed by atoms with Crippen LogP contribution in [0.2, 0.25) is 0 Å². The van der Waals surface area contributed by atoms with Crippen LogP contribution in [0.5, 0.6) is 0 Å². The van der Waals surface area contributed by atoms with Crippen molar-refractivity contribution in [3.8, 4) is 0 Å². The van der Waals surface area contributed by atoms with Crippen LogP contribution in [0.25, 0.3) is 0 Å². The van der Waals surface area contributed by atoms with Crippen molar-refractivity contribution in [1.29, 1.82) is 0 Å². The zero-order chi connectivity index (χ0) is 10.6. The molecule has 4 nitrogen and oxygen atoms in total.